The third kappa shape index (κ3) is 2.34. The molecule has 4 nitrogen and oxygen atoms in total. The molecule has 1 aliphatic rings. The third-order valence-corrected chi connectivity index (χ3v) is 3.18. The number of halogens is 1. The molecule has 1 aliphatic heterocycles. The molecule has 96 valence electrons. The molecule has 0 aromatic heterocycles. The molecule has 0 unspecified atom stereocenters. The van der Waals surface area contributed by atoms with Gasteiger partial charge in [0.25, 0.3) is 0 Å². The van der Waals surface area contributed by atoms with Crippen molar-refractivity contribution in [3.8, 4) is 0 Å². The van der Waals surface area contributed by atoms with Crippen LogP contribution in [0.25, 0.3) is 0 Å². The van der Waals surface area contributed by atoms with Crippen LogP contribution in [0.1, 0.15) is 20.3 Å². The van der Waals surface area contributed by atoms with Crippen LogP contribution >= 0.6 is 11.6 Å². The molecule has 0 spiro atoms. The lowest BCUT2D eigenvalue weighted by atomic mass is 10.2. The van der Waals surface area contributed by atoms with Gasteiger partial charge in [0.2, 0.25) is 5.91 Å². The zero-order valence-corrected chi connectivity index (χ0v) is 11.1. The monoisotopic (exact) mass is 266 g/mol. The normalized spacial score (nSPS) is 16.7. The molecule has 1 aromatic rings. The topological polar surface area (TPSA) is 40.6 Å². The molecule has 0 atom stereocenters. The van der Waals surface area contributed by atoms with Crippen molar-refractivity contribution in [3.05, 3.63) is 29.3 Å². The average molecular weight is 267 g/mol. The van der Waals surface area contributed by atoms with Gasteiger partial charge in [-0.05, 0) is 32.0 Å². The Labute approximate surface area is 111 Å². The van der Waals surface area contributed by atoms with E-state index in [1.807, 2.05) is 13.8 Å². The highest BCUT2D eigenvalue weighted by atomic mass is 35.5. The van der Waals surface area contributed by atoms with Gasteiger partial charge in [-0.25, -0.2) is 9.69 Å². The minimum atomic E-state index is -0.275. The second kappa shape index (κ2) is 4.98. The van der Waals surface area contributed by atoms with Gasteiger partial charge in [-0.1, -0.05) is 17.7 Å². The Balaban J connectivity index is 2.35. The second-order valence-electron chi connectivity index (χ2n) is 4.53. The van der Waals surface area contributed by atoms with Crippen LogP contribution in [0.2, 0.25) is 5.02 Å². The summed E-state index contributed by atoms with van der Waals surface area (Å²) >= 11 is 5.90. The van der Waals surface area contributed by atoms with E-state index >= 15 is 0 Å². The van der Waals surface area contributed by atoms with Gasteiger partial charge in [-0.2, -0.15) is 0 Å². The van der Waals surface area contributed by atoms with E-state index in [9.17, 15) is 9.59 Å². The summed E-state index contributed by atoms with van der Waals surface area (Å²) < 4.78 is 0. The lowest BCUT2D eigenvalue weighted by Crippen LogP contribution is -2.54. The summed E-state index contributed by atoms with van der Waals surface area (Å²) in [5.74, 6) is -0.181. The summed E-state index contributed by atoms with van der Waals surface area (Å²) in [7, 11) is 0. The number of nitrogens with zero attached hydrogens (tertiary/aromatic N) is 2. The Morgan fingerprint density at radius 3 is 2.61 bits per heavy atom. The van der Waals surface area contributed by atoms with Gasteiger partial charge in [-0.15, -0.1) is 0 Å². The Kier molecular flexibility index (Phi) is 3.57. The van der Waals surface area contributed by atoms with Crippen molar-refractivity contribution in [1.29, 1.82) is 0 Å². The summed E-state index contributed by atoms with van der Waals surface area (Å²) in [6.07, 6.45) is 0.344. The van der Waals surface area contributed by atoms with Gasteiger partial charge in [0.1, 0.15) is 0 Å². The molecule has 0 radical (unpaired) electrons. The van der Waals surface area contributed by atoms with Gasteiger partial charge in [0, 0.05) is 24.0 Å². The van der Waals surface area contributed by atoms with E-state index < -0.39 is 0 Å². The van der Waals surface area contributed by atoms with Gasteiger partial charge >= 0.3 is 6.03 Å². The van der Waals surface area contributed by atoms with Crippen LogP contribution < -0.4 is 4.90 Å². The highest BCUT2D eigenvalue weighted by Crippen LogP contribution is 2.24. The fraction of sp³-hybridized carbons (Fsp3) is 0.385. The third-order valence-electron chi connectivity index (χ3n) is 2.94. The van der Waals surface area contributed by atoms with Crippen molar-refractivity contribution in [1.82, 2.24) is 4.90 Å². The molecule has 0 N–H and O–H groups in total. The predicted molar refractivity (Wildman–Crippen MR) is 70.8 cm³/mol. The minimum absolute atomic E-state index is 0.0762. The minimum Gasteiger partial charge on any atom is -0.321 e. The van der Waals surface area contributed by atoms with E-state index in [-0.39, 0.29) is 18.0 Å². The first-order valence-electron chi connectivity index (χ1n) is 5.90. The smallest absolute Gasteiger partial charge is 0.321 e. The lowest BCUT2D eigenvalue weighted by Gasteiger charge is -2.36. The summed E-state index contributed by atoms with van der Waals surface area (Å²) in [4.78, 5) is 27.1. The first kappa shape index (κ1) is 12.9. The fourth-order valence-electron chi connectivity index (χ4n) is 2.01. The summed E-state index contributed by atoms with van der Waals surface area (Å²) in [6, 6.07) is 6.58. The van der Waals surface area contributed by atoms with Crippen LogP contribution in [0.5, 0.6) is 0 Å². The quantitative estimate of drug-likeness (QED) is 0.826. The molecule has 0 aliphatic carbocycles. The molecular weight excluding hydrogens is 252 g/mol. The van der Waals surface area contributed by atoms with Gasteiger partial charge in [0.05, 0.1) is 5.69 Å². The standard InChI is InChI=1S/C13H15ClN2O2/c1-9(2)15-7-6-12(17)16(13(15)18)11-5-3-4-10(14)8-11/h3-5,8-9H,6-7H2,1-2H3. The highest BCUT2D eigenvalue weighted by Gasteiger charge is 2.34. The summed E-state index contributed by atoms with van der Waals surface area (Å²) in [6.45, 7) is 4.35. The molecule has 18 heavy (non-hydrogen) atoms. The van der Waals surface area contributed by atoms with Crippen molar-refractivity contribution in [2.24, 2.45) is 0 Å². The maximum Gasteiger partial charge on any atom is 0.331 e. The molecule has 3 amide bonds. The first-order valence-corrected chi connectivity index (χ1v) is 6.27. The largest absolute Gasteiger partial charge is 0.331 e. The number of imide groups is 1. The van der Waals surface area contributed by atoms with Crippen molar-refractivity contribution < 1.29 is 9.59 Å². The van der Waals surface area contributed by atoms with E-state index in [4.69, 9.17) is 11.6 Å². The van der Waals surface area contributed by atoms with Crippen LogP contribution in [0, 0.1) is 0 Å². The maximum atomic E-state index is 12.3. The van der Waals surface area contributed by atoms with Gasteiger partial charge in [-0.3, -0.25) is 4.79 Å². The average Bonchev–Trinajstić information content (AvgIpc) is 2.28. The van der Waals surface area contributed by atoms with Crippen LogP contribution in [-0.4, -0.2) is 29.4 Å². The van der Waals surface area contributed by atoms with Gasteiger partial charge < -0.3 is 4.90 Å². The molecule has 1 heterocycles. The molecule has 2 rings (SSSR count). The van der Waals surface area contributed by atoms with Crippen LogP contribution in [0.4, 0.5) is 10.5 Å². The number of amides is 3. The molecule has 5 heteroatoms. The number of carbonyl (C=O) groups excluding carboxylic acids is 2. The van der Waals surface area contributed by atoms with Gasteiger partial charge in [0.15, 0.2) is 0 Å². The van der Waals surface area contributed by atoms with E-state index in [2.05, 4.69) is 0 Å². The Morgan fingerprint density at radius 1 is 1.28 bits per heavy atom. The number of rotatable bonds is 2. The number of urea groups is 1. The fourth-order valence-corrected chi connectivity index (χ4v) is 2.19. The number of hydrogen-bond acceptors (Lipinski definition) is 2. The second-order valence-corrected chi connectivity index (χ2v) is 4.97. The SMILES string of the molecule is CC(C)N1CCC(=O)N(c2cccc(Cl)c2)C1=O. The molecule has 1 aromatic carbocycles. The van der Waals surface area contributed by atoms with Crippen molar-refractivity contribution in [2.75, 3.05) is 11.4 Å². The summed E-state index contributed by atoms with van der Waals surface area (Å²) in [5.41, 5.74) is 0.530. The number of carbonyl (C=O) groups is 2. The van der Waals surface area contributed by atoms with Crippen LogP contribution in [-0.2, 0) is 4.79 Å². The number of hydrogen-bond donors (Lipinski definition) is 0. The predicted octanol–water partition coefficient (Wildman–Crippen LogP) is 2.91. The van der Waals surface area contributed by atoms with Crippen LogP contribution in [0.15, 0.2) is 24.3 Å². The Morgan fingerprint density at radius 2 is 2.00 bits per heavy atom. The summed E-state index contributed by atoms with van der Waals surface area (Å²) in [5, 5.41) is 0.509. The van der Waals surface area contributed by atoms with E-state index in [0.717, 1.165) is 0 Å². The zero-order chi connectivity index (χ0) is 13.3. The first-order chi connectivity index (χ1) is 8.50. The molecule has 1 fully saturated rings. The molecule has 1 saturated heterocycles. The number of anilines is 1. The van der Waals surface area contributed by atoms with Crippen molar-refractivity contribution >= 4 is 29.2 Å². The Bertz CT molecular complexity index is 488. The number of benzene rings is 1. The van der Waals surface area contributed by atoms with E-state index in [1.54, 1.807) is 29.2 Å². The lowest BCUT2D eigenvalue weighted by molar-refractivity contribution is -0.119. The highest BCUT2D eigenvalue weighted by molar-refractivity contribution is 6.31. The Hall–Kier alpha value is -1.55. The van der Waals surface area contributed by atoms with Crippen molar-refractivity contribution in [3.63, 3.8) is 0 Å². The van der Waals surface area contributed by atoms with E-state index in [0.29, 0.717) is 23.7 Å². The zero-order valence-electron chi connectivity index (χ0n) is 10.4. The van der Waals surface area contributed by atoms with Crippen LogP contribution in [0.3, 0.4) is 0 Å². The van der Waals surface area contributed by atoms with Crippen molar-refractivity contribution in [2.45, 2.75) is 26.3 Å². The van der Waals surface area contributed by atoms with E-state index in [1.165, 1.54) is 4.90 Å². The molecular formula is C13H15ClN2O2. The maximum absolute atomic E-state index is 12.3. The molecule has 0 saturated carbocycles. The molecule has 0 bridgehead atoms.